The van der Waals surface area contributed by atoms with E-state index in [-0.39, 0.29) is 5.91 Å². The molecule has 0 unspecified atom stereocenters. The molecule has 0 saturated carbocycles. The van der Waals surface area contributed by atoms with Gasteiger partial charge in [0.05, 0.1) is 11.9 Å². The average molecular weight is 417 g/mol. The molecule has 6 nitrogen and oxygen atoms in total. The molecule has 3 aromatic rings. The molecule has 1 amide bonds. The first-order valence-electron chi connectivity index (χ1n) is 8.68. The van der Waals surface area contributed by atoms with Crippen LogP contribution in [0.2, 0.25) is 10.0 Å². The van der Waals surface area contributed by atoms with E-state index in [0.29, 0.717) is 33.4 Å². The fourth-order valence-corrected chi connectivity index (χ4v) is 3.05. The van der Waals surface area contributed by atoms with E-state index in [4.69, 9.17) is 23.2 Å². The fraction of sp³-hybridized carbons (Fsp3) is 0.200. The van der Waals surface area contributed by atoms with E-state index < -0.39 is 11.7 Å². The molecule has 8 heteroatoms. The number of halogens is 2. The molecule has 1 heterocycles. The first kappa shape index (κ1) is 20.0. The molecular formula is C20H18Cl2N4O2. The number of hydrogen-bond acceptors (Lipinski definition) is 4. The maximum atomic E-state index is 12.8. The normalized spacial score (nSPS) is 11.9. The molecule has 1 N–H and O–H groups in total. The zero-order chi connectivity index (χ0) is 20.3. The van der Waals surface area contributed by atoms with E-state index in [9.17, 15) is 9.59 Å². The third-order valence-corrected chi connectivity index (χ3v) is 5.03. The van der Waals surface area contributed by atoms with Gasteiger partial charge in [-0.1, -0.05) is 48.3 Å². The maximum absolute atomic E-state index is 12.8. The summed E-state index contributed by atoms with van der Waals surface area (Å²) in [6, 6.07) is 11.4. The highest BCUT2D eigenvalue weighted by Gasteiger charge is 2.22. The van der Waals surface area contributed by atoms with Crippen LogP contribution in [0.15, 0.2) is 53.5 Å². The average Bonchev–Trinajstić information content (AvgIpc) is 2.68. The van der Waals surface area contributed by atoms with Crippen LogP contribution in [0, 0.1) is 6.92 Å². The third kappa shape index (κ3) is 4.24. The van der Waals surface area contributed by atoms with Crippen molar-refractivity contribution >= 4 is 34.8 Å². The molecule has 0 aliphatic carbocycles. The van der Waals surface area contributed by atoms with E-state index in [1.807, 2.05) is 6.92 Å². The largest absolute Gasteiger partial charge is 0.365 e. The molecule has 0 aliphatic heterocycles. The summed E-state index contributed by atoms with van der Waals surface area (Å²) in [5, 5.41) is 8.13. The van der Waals surface area contributed by atoms with Gasteiger partial charge in [0.2, 0.25) is 5.91 Å². The topological polar surface area (TPSA) is 76.9 Å². The molecule has 0 spiro atoms. The van der Waals surface area contributed by atoms with E-state index in [0.717, 1.165) is 10.2 Å². The molecule has 0 saturated heterocycles. The van der Waals surface area contributed by atoms with E-state index in [2.05, 4.69) is 15.4 Å². The van der Waals surface area contributed by atoms with Gasteiger partial charge in [0.15, 0.2) is 0 Å². The Hall–Kier alpha value is -2.70. The number of carbonyl (C=O) groups is 1. The Morgan fingerprint density at radius 2 is 1.89 bits per heavy atom. The number of amides is 1. The van der Waals surface area contributed by atoms with Crippen molar-refractivity contribution in [2.75, 3.05) is 5.32 Å². The number of anilines is 1. The van der Waals surface area contributed by atoms with Gasteiger partial charge in [-0.3, -0.25) is 4.79 Å². The lowest BCUT2D eigenvalue weighted by Gasteiger charge is -2.17. The maximum Gasteiger partial charge on any atom is 0.365 e. The molecule has 0 bridgehead atoms. The highest BCUT2D eigenvalue weighted by molar-refractivity contribution is 6.31. The van der Waals surface area contributed by atoms with Crippen molar-refractivity contribution in [2.24, 2.45) is 0 Å². The van der Waals surface area contributed by atoms with Crippen molar-refractivity contribution in [1.82, 2.24) is 14.8 Å². The first-order chi connectivity index (χ1) is 13.4. The Bertz CT molecular complexity index is 1060. The second-order valence-electron chi connectivity index (χ2n) is 6.20. The Morgan fingerprint density at radius 1 is 1.18 bits per heavy atom. The smallest absolute Gasteiger partial charge is 0.324 e. The second-order valence-corrected chi connectivity index (χ2v) is 7.04. The lowest BCUT2D eigenvalue weighted by molar-refractivity contribution is -0.119. The number of benzene rings is 2. The van der Waals surface area contributed by atoms with Crippen LogP contribution in [0.5, 0.6) is 0 Å². The molecule has 0 aliphatic rings. The van der Waals surface area contributed by atoms with Crippen molar-refractivity contribution in [3.63, 3.8) is 0 Å². The Labute approximate surface area is 172 Å². The van der Waals surface area contributed by atoms with Gasteiger partial charge in [0.1, 0.15) is 6.04 Å². The summed E-state index contributed by atoms with van der Waals surface area (Å²) in [5.74, 6) is -0.358. The number of hydrogen-bond donors (Lipinski definition) is 1. The Morgan fingerprint density at radius 3 is 2.54 bits per heavy atom. The predicted octanol–water partition coefficient (Wildman–Crippen LogP) is 4.51. The quantitative estimate of drug-likeness (QED) is 0.663. The molecule has 28 heavy (non-hydrogen) atoms. The summed E-state index contributed by atoms with van der Waals surface area (Å²) in [6.45, 7) is 3.61. The third-order valence-electron chi connectivity index (χ3n) is 4.37. The summed E-state index contributed by atoms with van der Waals surface area (Å²) in [5.41, 5.74) is 1.88. The van der Waals surface area contributed by atoms with Gasteiger partial charge in [-0.05, 0) is 43.2 Å². The monoisotopic (exact) mass is 416 g/mol. The van der Waals surface area contributed by atoms with Crippen LogP contribution in [0.3, 0.4) is 0 Å². The number of carbonyl (C=O) groups excluding carboxylic acids is 1. The molecule has 1 aromatic heterocycles. The highest BCUT2D eigenvalue weighted by atomic mass is 35.5. The van der Waals surface area contributed by atoms with Gasteiger partial charge in [0, 0.05) is 21.3 Å². The van der Waals surface area contributed by atoms with Crippen LogP contribution in [-0.2, 0) is 4.79 Å². The number of rotatable bonds is 5. The molecule has 0 radical (unpaired) electrons. The van der Waals surface area contributed by atoms with Crippen molar-refractivity contribution in [1.29, 1.82) is 0 Å². The fourth-order valence-electron chi connectivity index (χ4n) is 2.75. The summed E-state index contributed by atoms with van der Waals surface area (Å²) < 4.78 is 1.09. The predicted molar refractivity (Wildman–Crippen MR) is 111 cm³/mol. The van der Waals surface area contributed by atoms with E-state index >= 15 is 0 Å². The Balaban J connectivity index is 1.87. The summed E-state index contributed by atoms with van der Waals surface area (Å²) in [6.07, 6.45) is 1.84. The number of nitrogens with zero attached hydrogens (tertiary/aromatic N) is 3. The van der Waals surface area contributed by atoms with Crippen LogP contribution in [0.25, 0.3) is 11.3 Å². The molecule has 3 rings (SSSR count). The van der Waals surface area contributed by atoms with Crippen LogP contribution >= 0.6 is 23.2 Å². The molecule has 0 fully saturated rings. The SMILES string of the molecule is CC[C@H](C(=O)Nc1cccc(Cl)c1C)n1ncc(-c2ccc(Cl)cc2)nc1=O. The number of aromatic nitrogens is 3. The minimum Gasteiger partial charge on any atom is -0.324 e. The van der Waals surface area contributed by atoms with E-state index in [1.54, 1.807) is 49.4 Å². The number of nitrogens with one attached hydrogen (secondary N) is 1. The molecular weight excluding hydrogens is 399 g/mol. The van der Waals surface area contributed by atoms with Gasteiger partial charge >= 0.3 is 5.69 Å². The van der Waals surface area contributed by atoms with Crippen molar-refractivity contribution in [2.45, 2.75) is 26.3 Å². The molecule has 1 atom stereocenters. The first-order valence-corrected chi connectivity index (χ1v) is 9.44. The summed E-state index contributed by atoms with van der Waals surface area (Å²) in [7, 11) is 0. The molecule has 2 aromatic carbocycles. The minimum atomic E-state index is -0.794. The highest BCUT2D eigenvalue weighted by Crippen LogP contribution is 2.24. The van der Waals surface area contributed by atoms with Crippen LogP contribution in [0.1, 0.15) is 24.9 Å². The van der Waals surface area contributed by atoms with Gasteiger partial charge in [0.25, 0.3) is 0 Å². The second kappa shape index (κ2) is 8.54. The van der Waals surface area contributed by atoms with E-state index in [1.165, 1.54) is 6.20 Å². The standard InChI is InChI=1S/C20H18Cl2N4O2/c1-3-18(19(27)24-16-6-4-5-15(22)12(16)2)26-20(28)25-17(11-23-26)13-7-9-14(21)10-8-13/h4-11,18H,3H2,1-2H3,(H,24,27)/t18-/m1/s1. The van der Waals surface area contributed by atoms with Crippen LogP contribution < -0.4 is 11.0 Å². The Kier molecular flexibility index (Phi) is 6.11. The van der Waals surface area contributed by atoms with Gasteiger partial charge in [-0.25, -0.2) is 9.48 Å². The zero-order valence-electron chi connectivity index (χ0n) is 15.3. The van der Waals surface area contributed by atoms with Crippen LogP contribution in [0.4, 0.5) is 5.69 Å². The van der Waals surface area contributed by atoms with Crippen LogP contribution in [-0.4, -0.2) is 20.7 Å². The summed E-state index contributed by atoms with van der Waals surface area (Å²) >= 11 is 12.0. The summed E-state index contributed by atoms with van der Waals surface area (Å²) in [4.78, 5) is 29.3. The van der Waals surface area contributed by atoms with Gasteiger partial charge in [-0.2, -0.15) is 10.1 Å². The zero-order valence-corrected chi connectivity index (χ0v) is 16.8. The van der Waals surface area contributed by atoms with Gasteiger partial charge in [-0.15, -0.1) is 0 Å². The van der Waals surface area contributed by atoms with Gasteiger partial charge < -0.3 is 5.32 Å². The lowest BCUT2D eigenvalue weighted by Crippen LogP contribution is -2.36. The minimum absolute atomic E-state index is 0.358. The van der Waals surface area contributed by atoms with Crippen molar-refractivity contribution < 1.29 is 4.79 Å². The van der Waals surface area contributed by atoms with Crippen molar-refractivity contribution in [3.05, 3.63) is 74.8 Å². The van der Waals surface area contributed by atoms with Crippen molar-refractivity contribution in [3.8, 4) is 11.3 Å². The molecule has 144 valence electrons. The lowest BCUT2D eigenvalue weighted by atomic mass is 10.1.